The van der Waals surface area contributed by atoms with Gasteiger partial charge in [0.25, 0.3) is 0 Å². The van der Waals surface area contributed by atoms with E-state index in [2.05, 4.69) is 31.2 Å². The van der Waals surface area contributed by atoms with Crippen LogP contribution in [0.3, 0.4) is 0 Å². The van der Waals surface area contributed by atoms with Crippen LogP contribution in [-0.4, -0.2) is 46.9 Å². The van der Waals surface area contributed by atoms with Crippen LogP contribution in [0.2, 0.25) is 10.0 Å². The second-order valence-corrected chi connectivity index (χ2v) is 8.67. The Morgan fingerprint density at radius 1 is 1.20 bits per heavy atom. The molecular formula is C20H22Cl2N6O2. The van der Waals surface area contributed by atoms with Crippen LogP contribution in [0, 0.1) is 5.92 Å². The van der Waals surface area contributed by atoms with Gasteiger partial charge >= 0.3 is 0 Å². The van der Waals surface area contributed by atoms with Crippen molar-refractivity contribution in [2.24, 2.45) is 5.92 Å². The summed E-state index contributed by atoms with van der Waals surface area (Å²) in [4.78, 5) is 17.0. The van der Waals surface area contributed by atoms with Crippen LogP contribution in [0.15, 0.2) is 34.5 Å². The first-order chi connectivity index (χ1) is 14.6. The van der Waals surface area contributed by atoms with E-state index in [0.717, 1.165) is 37.2 Å². The molecule has 158 valence electrons. The van der Waals surface area contributed by atoms with E-state index < -0.39 is 0 Å². The number of carbonyl (C=O) groups excluding carboxylic acids is 1. The van der Waals surface area contributed by atoms with Crippen molar-refractivity contribution >= 4 is 29.1 Å². The number of hydrogen-bond donors (Lipinski definition) is 3. The van der Waals surface area contributed by atoms with Gasteiger partial charge in [-0.2, -0.15) is 4.98 Å². The van der Waals surface area contributed by atoms with E-state index in [1.54, 1.807) is 18.2 Å². The fourth-order valence-corrected chi connectivity index (χ4v) is 4.69. The monoisotopic (exact) mass is 448 g/mol. The van der Waals surface area contributed by atoms with Crippen LogP contribution in [-0.2, 0) is 11.2 Å². The molecule has 0 spiro atoms. The number of fused-ring (bicyclic) bond motifs is 1. The maximum atomic E-state index is 12.4. The van der Waals surface area contributed by atoms with Crippen LogP contribution >= 0.6 is 23.2 Å². The molecule has 3 N–H and O–H groups in total. The van der Waals surface area contributed by atoms with Gasteiger partial charge < -0.3 is 15.2 Å². The molecule has 2 fully saturated rings. The first-order valence-electron chi connectivity index (χ1n) is 10.1. The molecule has 8 nitrogen and oxygen atoms in total. The fourth-order valence-electron chi connectivity index (χ4n) is 4.37. The van der Waals surface area contributed by atoms with Gasteiger partial charge in [0.2, 0.25) is 11.8 Å². The lowest BCUT2D eigenvalue weighted by atomic mass is 9.92. The Hall–Kier alpha value is -2.13. The van der Waals surface area contributed by atoms with Gasteiger partial charge in [-0.1, -0.05) is 34.4 Å². The molecule has 1 aromatic heterocycles. The van der Waals surface area contributed by atoms with Gasteiger partial charge in [0.15, 0.2) is 5.82 Å². The zero-order valence-electron chi connectivity index (χ0n) is 16.2. The Morgan fingerprint density at radius 2 is 2.03 bits per heavy atom. The summed E-state index contributed by atoms with van der Waals surface area (Å²) in [5.41, 5.74) is 5.41. The Morgan fingerprint density at radius 3 is 2.83 bits per heavy atom. The van der Waals surface area contributed by atoms with Crippen molar-refractivity contribution < 1.29 is 9.32 Å². The molecule has 1 amide bonds. The molecule has 0 bridgehead atoms. The molecule has 30 heavy (non-hydrogen) atoms. The topological polar surface area (TPSA) is 95.3 Å². The van der Waals surface area contributed by atoms with Gasteiger partial charge in [-0.05, 0) is 43.6 Å². The molecule has 2 unspecified atom stereocenters. The molecule has 10 heteroatoms. The van der Waals surface area contributed by atoms with Crippen LogP contribution in [0.4, 0.5) is 0 Å². The lowest BCUT2D eigenvalue weighted by Crippen LogP contribution is -2.53. The number of benzene rings is 1. The minimum Gasteiger partial charge on any atom is -0.339 e. The highest BCUT2D eigenvalue weighted by molar-refractivity contribution is 6.42. The van der Waals surface area contributed by atoms with E-state index in [1.807, 2.05) is 6.07 Å². The van der Waals surface area contributed by atoms with Crippen molar-refractivity contribution in [3.8, 4) is 0 Å². The molecule has 3 aliphatic heterocycles. The molecule has 2 atom stereocenters. The maximum absolute atomic E-state index is 12.4. The summed E-state index contributed by atoms with van der Waals surface area (Å²) in [6.07, 6.45) is 3.99. The third kappa shape index (κ3) is 3.80. The first kappa shape index (κ1) is 19.8. The van der Waals surface area contributed by atoms with E-state index >= 15 is 0 Å². The molecule has 3 aliphatic rings. The number of piperidine rings is 1. The minimum absolute atomic E-state index is 0.0750. The number of allylic oxidation sites excluding steroid dienone is 1. The van der Waals surface area contributed by atoms with Gasteiger partial charge in [0.1, 0.15) is 6.17 Å². The highest BCUT2D eigenvalue weighted by Gasteiger charge is 2.44. The summed E-state index contributed by atoms with van der Waals surface area (Å²) in [6, 6.07) is 5.45. The number of nitrogens with one attached hydrogen (secondary N) is 3. The zero-order chi connectivity index (χ0) is 20.7. The third-order valence-corrected chi connectivity index (χ3v) is 6.63. The van der Waals surface area contributed by atoms with E-state index in [-0.39, 0.29) is 18.0 Å². The standard InChI is InChI=1S/C20H22Cl2N6O2/c21-14-2-1-11(7-15(14)22)8-17-25-20(30-27-17)13-10-24-28-16(9-18(29)26-19(13)28)12-3-5-23-6-4-12/h1-2,7,9,12-13,19,23-24H,3-6,8,10H2,(H,26,29). The van der Waals surface area contributed by atoms with Gasteiger partial charge in [0, 0.05) is 30.7 Å². The summed E-state index contributed by atoms with van der Waals surface area (Å²) in [5, 5.41) is 13.6. The van der Waals surface area contributed by atoms with E-state index in [0.29, 0.717) is 40.6 Å². The Kier molecular flexibility index (Phi) is 5.41. The number of rotatable bonds is 4. The lowest BCUT2D eigenvalue weighted by molar-refractivity contribution is -0.119. The van der Waals surface area contributed by atoms with E-state index in [1.165, 1.54) is 0 Å². The molecule has 1 aromatic carbocycles. The van der Waals surface area contributed by atoms with E-state index in [9.17, 15) is 4.79 Å². The number of nitrogens with zero attached hydrogens (tertiary/aromatic N) is 3. The zero-order valence-corrected chi connectivity index (χ0v) is 17.7. The molecule has 4 heterocycles. The number of amides is 1. The molecule has 2 saturated heterocycles. The van der Waals surface area contributed by atoms with Gasteiger partial charge in [-0.3, -0.25) is 9.80 Å². The summed E-state index contributed by atoms with van der Waals surface area (Å²) < 4.78 is 5.57. The highest BCUT2D eigenvalue weighted by atomic mass is 35.5. The second kappa shape index (κ2) is 8.19. The normalized spacial score (nSPS) is 24.5. The van der Waals surface area contributed by atoms with Crippen LogP contribution in [0.1, 0.15) is 36.0 Å². The summed E-state index contributed by atoms with van der Waals surface area (Å²) in [5.74, 6) is 1.23. The number of carbonyl (C=O) groups is 1. The molecule has 0 aliphatic carbocycles. The summed E-state index contributed by atoms with van der Waals surface area (Å²) >= 11 is 12.1. The number of halogens is 2. The largest absolute Gasteiger partial charge is 0.339 e. The SMILES string of the molecule is O=C1C=C(C2CCNCC2)N2NCC(c3nc(Cc4ccc(Cl)c(Cl)c4)no3)C2N1. The van der Waals surface area contributed by atoms with Crippen molar-refractivity contribution in [2.45, 2.75) is 31.3 Å². The average molecular weight is 449 g/mol. The number of aromatic nitrogens is 2. The summed E-state index contributed by atoms with van der Waals surface area (Å²) in [6.45, 7) is 2.54. The average Bonchev–Trinajstić information content (AvgIpc) is 3.37. The highest BCUT2D eigenvalue weighted by Crippen LogP contribution is 2.34. The van der Waals surface area contributed by atoms with Gasteiger partial charge in [-0.15, -0.1) is 0 Å². The number of hydrogen-bond acceptors (Lipinski definition) is 7. The summed E-state index contributed by atoms with van der Waals surface area (Å²) in [7, 11) is 0. The molecular weight excluding hydrogens is 427 g/mol. The molecule has 0 radical (unpaired) electrons. The predicted octanol–water partition coefficient (Wildman–Crippen LogP) is 2.21. The Bertz CT molecular complexity index is 987. The van der Waals surface area contributed by atoms with Crippen molar-refractivity contribution in [3.63, 3.8) is 0 Å². The Labute approximate surface area is 183 Å². The third-order valence-electron chi connectivity index (χ3n) is 5.89. The smallest absolute Gasteiger partial charge is 0.247 e. The Balaban J connectivity index is 1.33. The predicted molar refractivity (Wildman–Crippen MR) is 112 cm³/mol. The van der Waals surface area contributed by atoms with E-state index in [4.69, 9.17) is 27.7 Å². The quantitative estimate of drug-likeness (QED) is 0.659. The van der Waals surface area contributed by atoms with Crippen molar-refractivity contribution in [2.75, 3.05) is 19.6 Å². The fraction of sp³-hybridized carbons (Fsp3) is 0.450. The van der Waals surface area contributed by atoms with Crippen molar-refractivity contribution in [1.29, 1.82) is 0 Å². The van der Waals surface area contributed by atoms with Crippen LogP contribution in [0.5, 0.6) is 0 Å². The molecule has 0 saturated carbocycles. The maximum Gasteiger partial charge on any atom is 0.247 e. The van der Waals surface area contributed by atoms with Crippen molar-refractivity contribution in [3.05, 3.63) is 57.3 Å². The molecule has 5 rings (SSSR count). The first-order valence-corrected chi connectivity index (χ1v) is 10.9. The minimum atomic E-state index is -0.245. The van der Waals surface area contributed by atoms with Gasteiger partial charge in [0.05, 0.1) is 16.0 Å². The van der Waals surface area contributed by atoms with Crippen LogP contribution in [0.25, 0.3) is 0 Å². The van der Waals surface area contributed by atoms with Crippen LogP contribution < -0.4 is 16.1 Å². The van der Waals surface area contributed by atoms with Crippen molar-refractivity contribution in [1.82, 2.24) is 31.2 Å². The number of hydrazine groups is 1. The molecule has 2 aromatic rings. The lowest BCUT2D eigenvalue weighted by Gasteiger charge is -2.38. The second-order valence-electron chi connectivity index (χ2n) is 7.86. The van der Waals surface area contributed by atoms with Gasteiger partial charge in [-0.25, -0.2) is 5.43 Å².